The van der Waals surface area contributed by atoms with Crippen LogP contribution in [0.25, 0.3) is 10.9 Å². The Bertz CT molecular complexity index is 1430. The Labute approximate surface area is 210 Å². The molecule has 200 valence electrons. The second-order valence-corrected chi connectivity index (χ2v) is 8.71. The molecule has 13 heteroatoms. The molecule has 38 heavy (non-hydrogen) atoms. The van der Waals surface area contributed by atoms with E-state index in [9.17, 15) is 40.3 Å². The molecule has 0 unspecified atom stereocenters. The highest BCUT2D eigenvalue weighted by Crippen LogP contribution is 2.47. The highest BCUT2D eigenvalue weighted by Gasteiger charge is 2.76. The smallest absolute Gasteiger partial charge is 0.321 e. The van der Waals surface area contributed by atoms with E-state index in [1.165, 1.54) is 24.4 Å². The third-order valence-electron chi connectivity index (χ3n) is 5.88. The van der Waals surface area contributed by atoms with Gasteiger partial charge >= 0.3 is 23.9 Å². The highest BCUT2D eigenvalue weighted by atomic mass is 19.4. The molecule has 0 spiro atoms. The number of nitrogens with zero attached hydrogens (tertiary/aromatic N) is 2. The van der Waals surface area contributed by atoms with Crippen LogP contribution in [0, 0.1) is 0 Å². The molecule has 1 aliphatic carbocycles. The van der Waals surface area contributed by atoms with Gasteiger partial charge in [0.2, 0.25) is 0 Å². The van der Waals surface area contributed by atoms with E-state index in [4.69, 9.17) is 0 Å². The summed E-state index contributed by atoms with van der Waals surface area (Å²) in [5.74, 6) is -15.8. The van der Waals surface area contributed by atoms with Crippen LogP contribution in [0.4, 0.5) is 36.4 Å². The first-order chi connectivity index (χ1) is 17.7. The topological polar surface area (TPSA) is 83.4 Å². The molecule has 0 atom stereocenters. The van der Waals surface area contributed by atoms with Crippen molar-refractivity contribution >= 4 is 34.1 Å². The van der Waals surface area contributed by atoms with Crippen LogP contribution in [-0.2, 0) is 4.79 Å². The number of aromatic nitrogens is 1. The summed E-state index contributed by atoms with van der Waals surface area (Å²) in [5.41, 5.74) is 3.94. The number of hydrogen-bond donors (Lipinski definition) is 2. The van der Waals surface area contributed by atoms with E-state index in [1.54, 1.807) is 30.3 Å². The number of fused-ring (bicyclic) bond motifs is 1. The molecule has 0 aliphatic heterocycles. The number of alkyl halides is 7. The van der Waals surface area contributed by atoms with Crippen molar-refractivity contribution in [3.63, 3.8) is 0 Å². The zero-order valence-electron chi connectivity index (χ0n) is 19.5. The monoisotopic (exact) mass is 540 g/mol. The quantitative estimate of drug-likeness (QED) is 0.218. The van der Waals surface area contributed by atoms with Crippen molar-refractivity contribution in [2.24, 2.45) is 5.10 Å². The number of benzene rings is 2. The number of rotatable bonds is 7. The minimum atomic E-state index is -6.64. The SMILES string of the molecule is C/C(=N\NC(=O)c1cc(C2CC2)nc2ccccc12)c1cccc(NC(=O)C(F)(F)C(F)(F)C(F)(F)F)c1. The van der Waals surface area contributed by atoms with Crippen LogP contribution in [0.2, 0.25) is 0 Å². The summed E-state index contributed by atoms with van der Waals surface area (Å²) in [6.07, 6.45) is -4.71. The van der Waals surface area contributed by atoms with Crippen LogP contribution in [0.5, 0.6) is 0 Å². The molecule has 3 aromatic rings. The lowest BCUT2D eigenvalue weighted by molar-refractivity contribution is -0.343. The van der Waals surface area contributed by atoms with E-state index in [-0.39, 0.29) is 17.2 Å². The van der Waals surface area contributed by atoms with Gasteiger partial charge in [-0.25, -0.2) is 5.43 Å². The van der Waals surface area contributed by atoms with Crippen molar-refractivity contribution in [2.45, 2.75) is 43.7 Å². The van der Waals surface area contributed by atoms with Crippen molar-refractivity contribution < 1.29 is 40.3 Å². The number of hydrogen-bond acceptors (Lipinski definition) is 4. The average Bonchev–Trinajstić information content (AvgIpc) is 3.71. The maximum Gasteiger partial charge on any atom is 0.460 e. The molecular weight excluding hydrogens is 521 g/mol. The molecule has 0 radical (unpaired) electrons. The van der Waals surface area contributed by atoms with Crippen molar-refractivity contribution in [3.05, 3.63) is 71.4 Å². The van der Waals surface area contributed by atoms with Crippen LogP contribution in [0.1, 0.15) is 47.3 Å². The summed E-state index contributed by atoms with van der Waals surface area (Å²) in [6, 6.07) is 13.4. The normalized spacial score (nSPS) is 14.9. The number of nitrogens with one attached hydrogen (secondary N) is 2. The van der Waals surface area contributed by atoms with Gasteiger partial charge in [0.25, 0.3) is 5.91 Å². The molecule has 0 saturated heterocycles. The molecule has 1 aromatic heterocycles. The number of carbonyl (C=O) groups is 2. The second-order valence-electron chi connectivity index (χ2n) is 8.71. The Morgan fingerprint density at radius 2 is 1.63 bits per heavy atom. The van der Waals surface area contributed by atoms with Gasteiger partial charge in [-0.2, -0.15) is 35.8 Å². The molecule has 1 fully saturated rings. The fraction of sp³-hybridized carbons (Fsp3) is 0.280. The lowest BCUT2D eigenvalue weighted by Crippen LogP contribution is -2.57. The Morgan fingerprint density at radius 1 is 0.947 bits per heavy atom. The van der Waals surface area contributed by atoms with Gasteiger partial charge < -0.3 is 5.32 Å². The van der Waals surface area contributed by atoms with Gasteiger partial charge in [0.1, 0.15) is 0 Å². The number of halogens is 7. The van der Waals surface area contributed by atoms with Gasteiger partial charge in [-0.05, 0) is 49.6 Å². The highest BCUT2D eigenvalue weighted by molar-refractivity contribution is 6.07. The first-order valence-electron chi connectivity index (χ1n) is 11.2. The Hall–Kier alpha value is -4.03. The Morgan fingerprint density at radius 3 is 2.29 bits per heavy atom. The van der Waals surface area contributed by atoms with Crippen molar-refractivity contribution in [2.75, 3.05) is 5.32 Å². The molecule has 1 heterocycles. The van der Waals surface area contributed by atoms with E-state index < -0.39 is 35.5 Å². The van der Waals surface area contributed by atoms with E-state index in [2.05, 4.69) is 15.5 Å². The minimum Gasteiger partial charge on any atom is -0.321 e. The van der Waals surface area contributed by atoms with Crippen molar-refractivity contribution in [3.8, 4) is 0 Å². The molecule has 2 amide bonds. The third-order valence-corrected chi connectivity index (χ3v) is 5.88. The minimum absolute atomic E-state index is 0.127. The zero-order chi connectivity index (χ0) is 27.9. The maximum absolute atomic E-state index is 13.6. The molecule has 2 aromatic carbocycles. The fourth-order valence-corrected chi connectivity index (χ4v) is 3.58. The number of para-hydroxylation sites is 1. The molecule has 4 rings (SSSR count). The standard InChI is InChI=1S/C25H19F7N4O2/c1-13(15-5-4-6-16(11-15)33-22(38)23(26,27)24(28,29)25(30,31)32)35-36-21(37)18-12-20(14-9-10-14)34-19-8-3-2-7-17(18)19/h2-8,11-12,14H,9-10H2,1H3,(H,33,38)(H,36,37)/b35-13+. The molecule has 2 N–H and O–H groups in total. The first-order valence-corrected chi connectivity index (χ1v) is 11.2. The Kier molecular flexibility index (Phi) is 6.89. The van der Waals surface area contributed by atoms with Crippen LogP contribution in [-0.4, -0.2) is 40.5 Å². The fourth-order valence-electron chi connectivity index (χ4n) is 3.58. The molecular formula is C25H19F7N4O2. The van der Waals surface area contributed by atoms with E-state index >= 15 is 0 Å². The number of hydrazone groups is 1. The molecule has 1 aliphatic rings. The van der Waals surface area contributed by atoms with Gasteiger partial charge in [0.15, 0.2) is 0 Å². The Balaban J connectivity index is 1.52. The summed E-state index contributed by atoms with van der Waals surface area (Å²) in [6.45, 7) is 1.42. The number of anilines is 1. The summed E-state index contributed by atoms with van der Waals surface area (Å²) in [5, 5.41) is 5.95. The summed E-state index contributed by atoms with van der Waals surface area (Å²) < 4.78 is 90.7. The van der Waals surface area contributed by atoms with Crippen molar-refractivity contribution in [1.29, 1.82) is 0 Å². The van der Waals surface area contributed by atoms with Crippen molar-refractivity contribution in [1.82, 2.24) is 10.4 Å². The van der Waals surface area contributed by atoms with Crippen LogP contribution in [0.15, 0.2) is 59.7 Å². The number of pyridine rings is 1. The maximum atomic E-state index is 13.6. The summed E-state index contributed by atoms with van der Waals surface area (Å²) in [7, 11) is 0. The van der Waals surface area contributed by atoms with E-state index in [0.29, 0.717) is 16.5 Å². The summed E-state index contributed by atoms with van der Waals surface area (Å²) >= 11 is 0. The number of carbonyl (C=O) groups excluding carboxylic acids is 2. The summed E-state index contributed by atoms with van der Waals surface area (Å²) in [4.78, 5) is 29.2. The zero-order valence-corrected chi connectivity index (χ0v) is 19.5. The van der Waals surface area contributed by atoms with Gasteiger partial charge in [-0.1, -0.05) is 30.3 Å². The van der Waals surface area contributed by atoms with Crippen LogP contribution >= 0.6 is 0 Å². The third kappa shape index (κ3) is 5.18. The van der Waals surface area contributed by atoms with Crippen LogP contribution in [0.3, 0.4) is 0 Å². The van der Waals surface area contributed by atoms with Gasteiger partial charge in [0.05, 0.1) is 16.8 Å². The average molecular weight is 540 g/mol. The first kappa shape index (κ1) is 27.0. The predicted molar refractivity (Wildman–Crippen MR) is 124 cm³/mol. The molecule has 6 nitrogen and oxygen atoms in total. The second kappa shape index (κ2) is 9.69. The van der Waals surface area contributed by atoms with E-state index in [1.807, 2.05) is 0 Å². The van der Waals surface area contributed by atoms with Gasteiger partial charge in [-0.3, -0.25) is 14.6 Å². The predicted octanol–water partition coefficient (Wildman–Crippen LogP) is 6.04. The lowest BCUT2D eigenvalue weighted by Gasteiger charge is -2.27. The molecule has 0 bridgehead atoms. The largest absolute Gasteiger partial charge is 0.460 e. The van der Waals surface area contributed by atoms with Gasteiger partial charge in [0, 0.05) is 22.7 Å². The number of amides is 2. The molecule has 1 saturated carbocycles. The lowest BCUT2D eigenvalue weighted by atomic mass is 10.1. The van der Waals surface area contributed by atoms with E-state index in [0.717, 1.165) is 30.7 Å². The van der Waals surface area contributed by atoms with Gasteiger partial charge in [-0.15, -0.1) is 0 Å². The van der Waals surface area contributed by atoms with Crippen LogP contribution < -0.4 is 10.7 Å².